The van der Waals surface area contributed by atoms with Crippen molar-refractivity contribution in [1.29, 1.82) is 0 Å². The highest BCUT2D eigenvalue weighted by Gasteiger charge is 2.24. The number of aromatic nitrogens is 1. The molecule has 1 aromatic heterocycles. The van der Waals surface area contributed by atoms with Gasteiger partial charge in [0.15, 0.2) is 0 Å². The molecule has 0 bridgehead atoms. The molecule has 118 valence electrons. The lowest BCUT2D eigenvalue weighted by atomic mass is 9.80. The van der Waals surface area contributed by atoms with Crippen LogP contribution >= 0.6 is 0 Å². The Morgan fingerprint density at radius 3 is 2.33 bits per heavy atom. The van der Waals surface area contributed by atoms with E-state index in [-0.39, 0.29) is 5.60 Å². The fourth-order valence-corrected chi connectivity index (χ4v) is 3.18. The molecule has 0 aliphatic heterocycles. The molecule has 4 nitrogen and oxygen atoms in total. The Labute approximate surface area is 128 Å². The van der Waals surface area contributed by atoms with Gasteiger partial charge in [0.25, 0.3) is 0 Å². The Bertz CT molecular complexity index is 471. The van der Waals surface area contributed by atoms with Crippen molar-refractivity contribution in [3.63, 3.8) is 0 Å². The molecule has 4 heteroatoms. The van der Waals surface area contributed by atoms with Crippen LogP contribution in [0.4, 0.5) is 11.5 Å². The molecule has 0 saturated heterocycles. The van der Waals surface area contributed by atoms with Crippen LogP contribution in [0.25, 0.3) is 0 Å². The highest BCUT2D eigenvalue weighted by molar-refractivity contribution is 5.54. The molecule has 1 saturated carbocycles. The van der Waals surface area contributed by atoms with Crippen LogP contribution in [0.1, 0.15) is 53.9 Å². The Morgan fingerprint density at radius 2 is 1.76 bits per heavy atom. The highest BCUT2D eigenvalue weighted by Crippen LogP contribution is 2.31. The summed E-state index contributed by atoms with van der Waals surface area (Å²) in [6.45, 7) is 10.7. The summed E-state index contributed by atoms with van der Waals surface area (Å²) >= 11 is 0. The summed E-state index contributed by atoms with van der Waals surface area (Å²) in [5.41, 5.74) is 6.24. The average molecular weight is 291 g/mol. The molecule has 2 rings (SSSR count). The topological polar surface area (TPSA) is 60.2 Å². The summed E-state index contributed by atoms with van der Waals surface area (Å²) in [7, 11) is 0. The summed E-state index contributed by atoms with van der Waals surface area (Å²) in [6, 6.07) is 4.29. The molecule has 21 heavy (non-hydrogen) atoms. The van der Waals surface area contributed by atoms with Crippen molar-refractivity contribution in [3.8, 4) is 5.88 Å². The van der Waals surface area contributed by atoms with Crippen LogP contribution in [0.3, 0.4) is 0 Å². The number of nitrogens with one attached hydrogen (secondary N) is 1. The Kier molecular flexibility index (Phi) is 4.64. The molecule has 0 radical (unpaired) electrons. The van der Waals surface area contributed by atoms with Crippen molar-refractivity contribution >= 4 is 11.5 Å². The summed E-state index contributed by atoms with van der Waals surface area (Å²) in [5, 5.41) is 3.55. The van der Waals surface area contributed by atoms with Gasteiger partial charge in [0, 0.05) is 6.04 Å². The first kappa shape index (κ1) is 15.9. The second-order valence-corrected chi connectivity index (χ2v) is 7.56. The van der Waals surface area contributed by atoms with E-state index in [4.69, 9.17) is 10.5 Å². The van der Waals surface area contributed by atoms with E-state index in [1.807, 2.05) is 32.9 Å². The first-order valence-corrected chi connectivity index (χ1v) is 7.95. The number of hydrogen-bond donors (Lipinski definition) is 2. The largest absolute Gasteiger partial charge is 0.470 e. The predicted octanol–water partition coefficient (Wildman–Crippen LogP) is 4.08. The van der Waals surface area contributed by atoms with Crippen LogP contribution < -0.4 is 15.8 Å². The molecular weight excluding hydrogens is 262 g/mol. The van der Waals surface area contributed by atoms with Crippen molar-refractivity contribution in [2.24, 2.45) is 11.8 Å². The van der Waals surface area contributed by atoms with E-state index in [0.717, 1.165) is 17.7 Å². The number of nitrogens with two attached hydrogens (primary N) is 1. The smallest absolute Gasteiger partial charge is 0.239 e. The van der Waals surface area contributed by atoms with Crippen LogP contribution in [0, 0.1) is 11.8 Å². The maximum absolute atomic E-state index is 5.96. The number of nitrogen functional groups attached to an aromatic ring is 1. The van der Waals surface area contributed by atoms with Gasteiger partial charge in [-0.3, -0.25) is 0 Å². The minimum atomic E-state index is -0.298. The molecule has 1 fully saturated rings. The Morgan fingerprint density at radius 1 is 1.14 bits per heavy atom. The number of pyridine rings is 1. The summed E-state index contributed by atoms with van der Waals surface area (Å²) < 4.78 is 5.83. The summed E-state index contributed by atoms with van der Waals surface area (Å²) in [6.07, 6.45) is 3.73. The van der Waals surface area contributed by atoms with Crippen LogP contribution in [-0.4, -0.2) is 16.6 Å². The third-order valence-electron chi connectivity index (χ3n) is 3.82. The minimum Gasteiger partial charge on any atom is -0.470 e. The zero-order chi connectivity index (χ0) is 15.6. The lowest BCUT2D eigenvalue weighted by molar-refractivity contribution is 0.125. The molecule has 1 aliphatic rings. The SMILES string of the molecule is CC1CC(C)CC(Nc2ccc(N)c(OC(C)(C)C)n2)C1. The number of hydrogen-bond acceptors (Lipinski definition) is 4. The van der Waals surface area contributed by atoms with Gasteiger partial charge in [-0.15, -0.1) is 0 Å². The van der Waals surface area contributed by atoms with Crippen molar-refractivity contribution in [3.05, 3.63) is 12.1 Å². The Hall–Kier alpha value is -1.45. The highest BCUT2D eigenvalue weighted by atomic mass is 16.5. The third kappa shape index (κ3) is 4.80. The van der Waals surface area contributed by atoms with Crippen LogP contribution in [-0.2, 0) is 0 Å². The molecular formula is C17H29N3O. The van der Waals surface area contributed by atoms with E-state index in [0.29, 0.717) is 17.6 Å². The van der Waals surface area contributed by atoms with E-state index in [9.17, 15) is 0 Å². The average Bonchev–Trinajstić information content (AvgIpc) is 2.30. The zero-order valence-corrected chi connectivity index (χ0v) is 13.9. The van der Waals surface area contributed by atoms with E-state index in [2.05, 4.69) is 24.1 Å². The lowest BCUT2D eigenvalue weighted by Crippen LogP contribution is -2.30. The molecule has 2 unspecified atom stereocenters. The fourth-order valence-electron chi connectivity index (χ4n) is 3.18. The van der Waals surface area contributed by atoms with Gasteiger partial charge in [0.05, 0.1) is 5.69 Å². The maximum Gasteiger partial charge on any atom is 0.239 e. The quantitative estimate of drug-likeness (QED) is 0.881. The second-order valence-electron chi connectivity index (χ2n) is 7.56. The van der Waals surface area contributed by atoms with Gasteiger partial charge in [-0.25, -0.2) is 0 Å². The van der Waals surface area contributed by atoms with Crippen molar-refractivity contribution < 1.29 is 4.74 Å². The second kappa shape index (κ2) is 6.12. The number of nitrogens with zero attached hydrogens (tertiary/aromatic N) is 1. The summed E-state index contributed by atoms with van der Waals surface area (Å²) in [4.78, 5) is 4.54. The molecule has 1 aliphatic carbocycles. The van der Waals surface area contributed by atoms with E-state index in [1.54, 1.807) is 0 Å². The Balaban J connectivity index is 2.08. The zero-order valence-electron chi connectivity index (χ0n) is 13.9. The monoisotopic (exact) mass is 291 g/mol. The van der Waals surface area contributed by atoms with E-state index < -0.39 is 0 Å². The van der Waals surface area contributed by atoms with E-state index in [1.165, 1.54) is 19.3 Å². The first-order valence-electron chi connectivity index (χ1n) is 7.95. The molecule has 2 atom stereocenters. The molecule has 1 heterocycles. The van der Waals surface area contributed by atoms with Crippen molar-refractivity contribution in [1.82, 2.24) is 4.98 Å². The standard InChI is InChI=1S/C17H29N3O/c1-11-8-12(2)10-13(9-11)19-15-7-6-14(18)16(20-15)21-17(3,4)5/h6-7,11-13H,8-10,18H2,1-5H3,(H,19,20). The summed E-state index contributed by atoms with van der Waals surface area (Å²) in [5.74, 6) is 2.91. The first-order chi connectivity index (χ1) is 9.73. The van der Waals surface area contributed by atoms with Crippen LogP contribution in [0.5, 0.6) is 5.88 Å². The van der Waals surface area contributed by atoms with Crippen molar-refractivity contribution in [2.45, 2.75) is 65.5 Å². The van der Waals surface area contributed by atoms with Crippen molar-refractivity contribution in [2.75, 3.05) is 11.1 Å². The number of rotatable bonds is 3. The molecule has 1 aromatic rings. The van der Waals surface area contributed by atoms with E-state index >= 15 is 0 Å². The number of ether oxygens (including phenoxy) is 1. The fraction of sp³-hybridized carbons (Fsp3) is 0.706. The van der Waals surface area contributed by atoms with Gasteiger partial charge >= 0.3 is 0 Å². The molecule has 0 amide bonds. The lowest BCUT2D eigenvalue weighted by Gasteiger charge is -2.32. The molecule has 0 spiro atoms. The van der Waals surface area contributed by atoms with Crippen LogP contribution in [0.2, 0.25) is 0 Å². The maximum atomic E-state index is 5.96. The normalized spacial score (nSPS) is 26.4. The van der Waals surface area contributed by atoms with Crippen LogP contribution in [0.15, 0.2) is 12.1 Å². The number of anilines is 2. The van der Waals surface area contributed by atoms with Gasteiger partial charge in [0.2, 0.25) is 5.88 Å². The third-order valence-corrected chi connectivity index (χ3v) is 3.82. The van der Waals surface area contributed by atoms with Gasteiger partial charge in [-0.1, -0.05) is 13.8 Å². The van der Waals surface area contributed by atoms with Gasteiger partial charge < -0.3 is 15.8 Å². The molecule has 0 aromatic carbocycles. The van der Waals surface area contributed by atoms with Gasteiger partial charge in [0.1, 0.15) is 11.4 Å². The van der Waals surface area contributed by atoms with Gasteiger partial charge in [-0.05, 0) is 64.0 Å². The minimum absolute atomic E-state index is 0.298. The van der Waals surface area contributed by atoms with Gasteiger partial charge in [-0.2, -0.15) is 4.98 Å². The predicted molar refractivity (Wildman–Crippen MR) is 88.6 cm³/mol. The molecule has 3 N–H and O–H groups in total.